The summed E-state index contributed by atoms with van der Waals surface area (Å²) in [5, 5.41) is 10.7. The molecule has 1 N–H and O–H groups in total. The molecule has 0 bridgehead atoms. The molecule has 0 spiro atoms. The Morgan fingerprint density at radius 3 is 2.43 bits per heavy atom. The molecular weight excluding hydrogens is 292 g/mol. The molecule has 3 rings (SSSR count). The maximum absolute atomic E-state index is 12.2. The Labute approximate surface area is 134 Å². The van der Waals surface area contributed by atoms with Crippen LogP contribution in [0.2, 0.25) is 0 Å². The van der Waals surface area contributed by atoms with Crippen molar-refractivity contribution < 1.29 is 9.21 Å². The van der Waals surface area contributed by atoms with Crippen LogP contribution in [-0.4, -0.2) is 20.7 Å². The number of rotatable bonds is 4. The number of nitrogens with zero attached hydrogens (tertiary/aromatic N) is 3. The van der Waals surface area contributed by atoms with E-state index in [0.29, 0.717) is 23.9 Å². The van der Waals surface area contributed by atoms with Crippen molar-refractivity contribution in [2.45, 2.75) is 20.4 Å². The van der Waals surface area contributed by atoms with Crippen molar-refractivity contribution in [3.8, 4) is 11.5 Å². The Balaban J connectivity index is 1.67. The quantitative estimate of drug-likeness (QED) is 0.804. The molecule has 0 aliphatic heterocycles. The summed E-state index contributed by atoms with van der Waals surface area (Å²) in [6.45, 7) is 4.26. The SMILES string of the molecule is Cc1nnc(-c2ccc(C(=O)NCc3ccc(C)n3C)cc2)o1. The monoisotopic (exact) mass is 310 g/mol. The van der Waals surface area contributed by atoms with Gasteiger partial charge in [-0.15, -0.1) is 10.2 Å². The van der Waals surface area contributed by atoms with E-state index >= 15 is 0 Å². The maximum atomic E-state index is 12.2. The molecular formula is C17H18N4O2. The molecule has 2 aromatic heterocycles. The number of hydrogen-bond acceptors (Lipinski definition) is 4. The summed E-state index contributed by atoms with van der Waals surface area (Å²) in [7, 11) is 1.98. The van der Waals surface area contributed by atoms with Gasteiger partial charge in [0, 0.05) is 36.5 Å². The molecule has 0 saturated carbocycles. The molecule has 23 heavy (non-hydrogen) atoms. The van der Waals surface area contributed by atoms with Crippen molar-refractivity contribution in [3.63, 3.8) is 0 Å². The van der Waals surface area contributed by atoms with Gasteiger partial charge in [0.1, 0.15) is 0 Å². The van der Waals surface area contributed by atoms with Crippen molar-refractivity contribution in [1.82, 2.24) is 20.1 Å². The van der Waals surface area contributed by atoms with Crippen LogP contribution in [0.15, 0.2) is 40.8 Å². The van der Waals surface area contributed by atoms with Gasteiger partial charge in [0.2, 0.25) is 11.8 Å². The standard InChI is InChI=1S/C17H18N4O2/c1-11-4-9-15(21(11)3)10-18-16(22)13-5-7-14(8-6-13)17-20-19-12(2)23-17/h4-9H,10H2,1-3H3,(H,18,22). The molecule has 2 heterocycles. The fraction of sp³-hybridized carbons (Fsp3) is 0.235. The fourth-order valence-electron chi connectivity index (χ4n) is 2.29. The van der Waals surface area contributed by atoms with E-state index in [1.54, 1.807) is 31.2 Å². The first kappa shape index (κ1) is 15.0. The van der Waals surface area contributed by atoms with Gasteiger partial charge in [-0.3, -0.25) is 4.79 Å². The lowest BCUT2D eigenvalue weighted by molar-refractivity contribution is 0.0950. The summed E-state index contributed by atoms with van der Waals surface area (Å²) in [6, 6.07) is 11.1. The van der Waals surface area contributed by atoms with Gasteiger partial charge in [-0.2, -0.15) is 0 Å². The highest BCUT2D eigenvalue weighted by Gasteiger charge is 2.10. The van der Waals surface area contributed by atoms with Gasteiger partial charge in [0.05, 0.1) is 6.54 Å². The first-order valence-electron chi connectivity index (χ1n) is 7.34. The van der Waals surface area contributed by atoms with Gasteiger partial charge >= 0.3 is 0 Å². The number of hydrogen-bond donors (Lipinski definition) is 1. The molecule has 0 atom stereocenters. The van der Waals surface area contributed by atoms with E-state index in [1.165, 1.54) is 0 Å². The lowest BCUT2D eigenvalue weighted by atomic mass is 10.1. The van der Waals surface area contributed by atoms with E-state index in [9.17, 15) is 4.79 Å². The Hall–Kier alpha value is -2.89. The minimum absolute atomic E-state index is 0.114. The minimum Gasteiger partial charge on any atom is -0.421 e. The summed E-state index contributed by atoms with van der Waals surface area (Å²) in [5.41, 5.74) is 3.61. The number of nitrogens with one attached hydrogen (secondary N) is 1. The third-order valence-electron chi connectivity index (χ3n) is 3.83. The number of aryl methyl sites for hydroxylation is 2. The molecule has 0 unspecified atom stereocenters. The third-order valence-corrected chi connectivity index (χ3v) is 3.83. The van der Waals surface area contributed by atoms with Gasteiger partial charge in [-0.05, 0) is 43.3 Å². The molecule has 1 amide bonds. The normalized spacial score (nSPS) is 10.7. The lowest BCUT2D eigenvalue weighted by Crippen LogP contribution is -2.23. The number of carbonyl (C=O) groups excluding carboxylic acids is 1. The van der Waals surface area contributed by atoms with Gasteiger partial charge in [0.15, 0.2) is 0 Å². The second-order valence-corrected chi connectivity index (χ2v) is 5.41. The van der Waals surface area contributed by atoms with E-state index in [4.69, 9.17) is 4.42 Å². The Bertz CT molecular complexity index is 831. The molecule has 0 aliphatic rings. The number of amides is 1. The van der Waals surface area contributed by atoms with Crippen LogP contribution in [0.5, 0.6) is 0 Å². The number of aromatic nitrogens is 3. The predicted molar refractivity (Wildman–Crippen MR) is 85.8 cm³/mol. The zero-order valence-corrected chi connectivity index (χ0v) is 13.3. The van der Waals surface area contributed by atoms with Crippen LogP contribution in [-0.2, 0) is 13.6 Å². The molecule has 3 aromatic rings. The zero-order valence-electron chi connectivity index (χ0n) is 13.3. The van der Waals surface area contributed by atoms with Crippen molar-refractivity contribution in [2.75, 3.05) is 0 Å². The van der Waals surface area contributed by atoms with Gasteiger partial charge in [0.25, 0.3) is 5.91 Å². The van der Waals surface area contributed by atoms with E-state index in [-0.39, 0.29) is 5.91 Å². The van der Waals surface area contributed by atoms with E-state index in [2.05, 4.69) is 20.1 Å². The van der Waals surface area contributed by atoms with Crippen LogP contribution in [0, 0.1) is 13.8 Å². The molecule has 0 radical (unpaired) electrons. The number of benzene rings is 1. The zero-order chi connectivity index (χ0) is 16.4. The Morgan fingerprint density at radius 1 is 1.13 bits per heavy atom. The first-order valence-corrected chi connectivity index (χ1v) is 7.34. The molecule has 0 saturated heterocycles. The van der Waals surface area contributed by atoms with Gasteiger partial charge < -0.3 is 14.3 Å². The minimum atomic E-state index is -0.114. The highest BCUT2D eigenvalue weighted by atomic mass is 16.4. The van der Waals surface area contributed by atoms with E-state index in [0.717, 1.165) is 17.0 Å². The second-order valence-electron chi connectivity index (χ2n) is 5.41. The largest absolute Gasteiger partial charge is 0.421 e. The van der Waals surface area contributed by atoms with E-state index < -0.39 is 0 Å². The average molecular weight is 310 g/mol. The van der Waals surface area contributed by atoms with Crippen LogP contribution in [0.4, 0.5) is 0 Å². The molecule has 118 valence electrons. The van der Waals surface area contributed by atoms with Crippen molar-refractivity contribution in [2.24, 2.45) is 7.05 Å². The topological polar surface area (TPSA) is 73.0 Å². The molecule has 6 nitrogen and oxygen atoms in total. The molecule has 0 fully saturated rings. The highest BCUT2D eigenvalue weighted by molar-refractivity contribution is 5.94. The Morgan fingerprint density at radius 2 is 1.87 bits per heavy atom. The molecule has 1 aromatic carbocycles. The summed E-state index contributed by atoms with van der Waals surface area (Å²) >= 11 is 0. The van der Waals surface area contributed by atoms with Crippen molar-refractivity contribution >= 4 is 5.91 Å². The number of carbonyl (C=O) groups is 1. The van der Waals surface area contributed by atoms with Crippen LogP contribution in [0.3, 0.4) is 0 Å². The van der Waals surface area contributed by atoms with Gasteiger partial charge in [-0.1, -0.05) is 0 Å². The summed E-state index contributed by atoms with van der Waals surface area (Å²) in [4.78, 5) is 12.2. The summed E-state index contributed by atoms with van der Waals surface area (Å²) < 4.78 is 7.42. The molecule has 6 heteroatoms. The summed E-state index contributed by atoms with van der Waals surface area (Å²) in [5.74, 6) is 0.852. The van der Waals surface area contributed by atoms with Gasteiger partial charge in [-0.25, -0.2) is 0 Å². The van der Waals surface area contributed by atoms with Crippen LogP contribution >= 0.6 is 0 Å². The smallest absolute Gasteiger partial charge is 0.251 e. The maximum Gasteiger partial charge on any atom is 0.251 e. The fourth-order valence-corrected chi connectivity index (χ4v) is 2.29. The summed E-state index contributed by atoms with van der Waals surface area (Å²) in [6.07, 6.45) is 0. The van der Waals surface area contributed by atoms with Crippen molar-refractivity contribution in [1.29, 1.82) is 0 Å². The lowest BCUT2D eigenvalue weighted by Gasteiger charge is -2.08. The van der Waals surface area contributed by atoms with Crippen molar-refractivity contribution in [3.05, 3.63) is 59.2 Å². The Kier molecular flexibility index (Phi) is 3.97. The van der Waals surface area contributed by atoms with Crippen LogP contribution in [0.1, 0.15) is 27.6 Å². The molecule has 0 aliphatic carbocycles. The highest BCUT2D eigenvalue weighted by Crippen LogP contribution is 2.18. The van der Waals surface area contributed by atoms with E-state index in [1.807, 2.05) is 26.1 Å². The average Bonchev–Trinajstić information content (AvgIpc) is 3.13. The predicted octanol–water partition coefficient (Wildman–Crippen LogP) is 2.62. The third kappa shape index (κ3) is 3.15. The first-order chi connectivity index (χ1) is 11.0. The van der Waals surface area contributed by atoms with Crippen LogP contribution < -0.4 is 5.32 Å². The second kappa shape index (κ2) is 6.08. The van der Waals surface area contributed by atoms with Crippen LogP contribution in [0.25, 0.3) is 11.5 Å².